The Morgan fingerprint density at radius 3 is 2.58 bits per heavy atom. The van der Waals surface area contributed by atoms with Crippen LogP contribution in [0.5, 0.6) is 0 Å². The van der Waals surface area contributed by atoms with Crippen LogP contribution in [0, 0.1) is 5.92 Å². The number of ether oxygens (including phenoxy) is 1. The first-order valence-electron chi connectivity index (χ1n) is 9.14. The highest BCUT2D eigenvalue weighted by Crippen LogP contribution is 2.29. The van der Waals surface area contributed by atoms with E-state index in [1.165, 1.54) is 5.56 Å². The fraction of sp³-hybridized carbons (Fsp3) is 0.333. The number of hydrogen-bond donors (Lipinski definition) is 1. The molecule has 0 aliphatic carbocycles. The van der Waals surface area contributed by atoms with Crippen molar-refractivity contribution in [2.24, 2.45) is 5.92 Å². The molecule has 0 radical (unpaired) electrons. The summed E-state index contributed by atoms with van der Waals surface area (Å²) < 4.78 is 7.48. The second kappa shape index (κ2) is 7.30. The summed E-state index contributed by atoms with van der Waals surface area (Å²) in [5.41, 5.74) is 3.08. The lowest BCUT2D eigenvalue weighted by atomic mass is 10.00. The van der Waals surface area contributed by atoms with Crippen LogP contribution in [-0.2, 0) is 9.53 Å². The van der Waals surface area contributed by atoms with E-state index in [-0.39, 0.29) is 17.9 Å². The Morgan fingerprint density at radius 1 is 1.12 bits per heavy atom. The van der Waals surface area contributed by atoms with Gasteiger partial charge in [-0.3, -0.25) is 10.1 Å². The van der Waals surface area contributed by atoms with Crippen molar-refractivity contribution in [1.29, 1.82) is 0 Å². The van der Waals surface area contributed by atoms with Crippen molar-refractivity contribution in [3.8, 4) is 0 Å². The van der Waals surface area contributed by atoms with Crippen LogP contribution >= 0.6 is 0 Å². The Kier molecular flexibility index (Phi) is 4.71. The maximum absolute atomic E-state index is 12.7. The zero-order valence-corrected chi connectivity index (χ0v) is 14.9. The van der Waals surface area contributed by atoms with E-state index in [1.807, 2.05) is 42.5 Å². The number of carbonyl (C=O) groups is 1. The first-order chi connectivity index (χ1) is 12.7. The van der Waals surface area contributed by atoms with Gasteiger partial charge in [0.25, 0.3) is 0 Å². The standard InChI is InChI=1S/C21H23N3O2/c1-15(16-7-3-2-4-8-16)24-19-10-6-5-9-18(19)22-21(24)23-20(25)17-11-13-26-14-12-17/h2-10,15,17H,11-14H2,1H3,(H,22,23,25). The number of carbonyl (C=O) groups excluding carboxylic acids is 1. The molecule has 1 amide bonds. The number of fused-ring (bicyclic) bond motifs is 1. The molecule has 1 saturated heterocycles. The van der Waals surface area contributed by atoms with E-state index in [1.54, 1.807) is 0 Å². The molecule has 3 aromatic rings. The van der Waals surface area contributed by atoms with Gasteiger partial charge in [-0.25, -0.2) is 4.98 Å². The van der Waals surface area contributed by atoms with E-state index >= 15 is 0 Å². The summed E-state index contributed by atoms with van der Waals surface area (Å²) in [5, 5.41) is 3.08. The fourth-order valence-electron chi connectivity index (χ4n) is 3.58. The summed E-state index contributed by atoms with van der Waals surface area (Å²) in [7, 11) is 0. The minimum absolute atomic E-state index is 0.0101. The maximum Gasteiger partial charge on any atom is 0.229 e. The molecule has 1 aromatic heterocycles. The minimum Gasteiger partial charge on any atom is -0.381 e. The normalized spacial score (nSPS) is 16.5. The Balaban J connectivity index is 1.71. The highest BCUT2D eigenvalue weighted by Gasteiger charge is 2.25. The van der Waals surface area contributed by atoms with Crippen LogP contribution in [0.25, 0.3) is 11.0 Å². The Morgan fingerprint density at radius 2 is 1.81 bits per heavy atom. The first kappa shape index (κ1) is 16.8. The van der Waals surface area contributed by atoms with Gasteiger partial charge in [0.1, 0.15) is 0 Å². The number of benzene rings is 2. The highest BCUT2D eigenvalue weighted by atomic mass is 16.5. The van der Waals surface area contributed by atoms with Crippen LogP contribution < -0.4 is 5.32 Å². The number of aromatic nitrogens is 2. The molecule has 5 heteroatoms. The van der Waals surface area contributed by atoms with Gasteiger partial charge in [-0.1, -0.05) is 42.5 Å². The van der Waals surface area contributed by atoms with Crippen molar-refractivity contribution in [1.82, 2.24) is 9.55 Å². The third-order valence-electron chi connectivity index (χ3n) is 5.09. The Labute approximate surface area is 153 Å². The second-order valence-electron chi connectivity index (χ2n) is 6.76. The molecule has 2 aromatic carbocycles. The third-order valence-corrected chi connectivity index (χ3v) is 5.09. The topological polar surface area (TPSA) is 56.2 Å². The lowest BCUT2D eigenvalue weighted by molar-refractivity contribution is -0.122. The van der Waals surface area contributed by atoms with Crippen LogP contribution in [-0.4, -0.2) is 28.7 Å². The number of hydrogen-bond acceptors (Lipinski definition) is 3. The summed E-state index contributed by atoms with van der Waals surface area (Å²) in [4.78, 5) is 17.4. The molecule has 26 heavy (non-hydrogen) atoms. The number of amides is 1. The summed E-state index contributed by atoms with van der Waals surface area (Å²) in [6.07, 6.45) is 1.53. The lowest BCUT2D eigenvalue weighted by Crippen LogP contribution is -2.29. The summed E-state index contributed by atoms with van der Waals surface area (Å²) >= 11 is 0. The van der Waals surface area contributed by atoms with E-state index in [9.17, 15) is 4.79 Å². The largest absolute Gasteiger partial charge is 0.381 e. The molecule has 1 atom stereocenters. The quantitative estimate of drug-likeness (QED) is 0.774. The van der Waals surface area contributed by atoms with Crippen molar-refractivity contribution in [3.05, 3.63) is 60.2 Å². The van der Waals surface area contributed by atoms with Gasteiger partial charge < -0.3 is 9.30 Å². The van der Waals surface area contributed by atoms with Crippen LogP contribution in [0.15, 0.2) is 54.6 Å². The number of imidazole rings is 1. The average molecular weight is 349 g/mol. The van der Waals surface area contributed by atoms with Crippen molar-refractivity contribution in [2.75, 3.05) is 18.5 Å². The fourth-order valence-corrected chi connectivity index (χ4v) is 3.58. The van der Waals surface area contributed by atoms with Gasteiger partial charge in [0, 0.05) is 19.1 Å². The van der Waals surface area contributed by atoms with E-state index in [0.29, 0.717) is 19.2 Å². The van der Waals surface area contributed by atoms with Gasteiger partial charge in [-0.15, -0.1) is 0 Å². The number of para-hydroxylation sites is 2. The molecule has 4 rings (SSSR count). The van der Waals surface area contributed by atoms with Crippen molar-refractivity contribution in [3.63, 3.8) is 0 Å². The Bertz CT molecular complexity index is 898. The van der Waals surface area contributed by atoms with E-state index < -0.39 is 0 Å². The van der Waals surface area contributed by atoms with Crippen molar-refractivity contribution < 1.29 is 9.53 Å². The monoisotopic (exact) mass is 349 g/mol. The molecule has 1 unspecified atom stereocenters. The van der Waals surface area contributed by atoms with E-state index in [2.05, 4.69) is 28.9 Å². The van der Waals surface area contributed by atoms with Gasteiger partial charge in [-0.2, -0.15) is 0 Å². The molecule has 1 aliphatic heterocycles. The van der Waals surface area contributed by atoms with Crippen LogP contribution in [0.2, 0.25) is 0 Å². The second-order valence-corrected chi connectivity index (χ2v) is 6.76. The van der Waals surface area contributed by atoms with Crippen molar-refractivity contribution >= 4 is 22.9 Å². The summed E-state index contributed by atoms with van der Waals surface area (Å²) in [6, 6.07) is 18.3. The molecule has 0 spiro atoms. The third kappa shape index (κ3) is 3.22. The first-order valence-corrected chi connectivity index (χ1v) is 9.14. The zero-order chi connectivity index (χ0) is 17.9. The van der Waals surface area contributed by atoms with Gasteiger partial charge in [-0.05, 0) is 37.5 Å². The molecule has 0 bridgehead atoms. The van der Waals surface area contributed by atoms with Gasteiger partial charge >= 0.3 is 0 Å². The molecule has 1 aliphatic rings. The predicted octanol–water partition coefficient (Wildman–Crippen LogP) is 4.01. The molecule has 0 saturated carbocycles. The van der Waals surface area contributed by atoms with Crippen molar-refractivity contribution in [2.45, 2.75) is 25.8 Å². The summed E-state index contributed by atoms with van der Waals surface area (Å²) in [6.45, 7) is 3.43. The molecule has 5 nitrogen and oxygen atoms in total. The van der Waals surface area contributed by atoms with E-state index in [0.717, 1.165) is 23.9 Å². The lowest BCUT2D eigenvalue weighted by Gasteiger charge is -2.22. The van der Waals surface area contributed by atoms with Gasteiger partial charge in [0.15, 0.2) is 0 Å². The number of nitrogens with zero attached hydrogens (tertiary/aromatic N) is 2. The zero-order valence-electron chi connectivity index (χ0n) is 14.9. The predicted molar refractivity (Wildman–Crippen MR) is 102 cm³/mol. The average Bonchev–Trinajstić information content (AvgIpc) is 3.06. The smallest absolute Gasteiger partial charge is 0.229 e. The number of rotatable bonds is 4. The molecular weight excluding hydrogens is 326 g/mol. The molecule has 1 N–H and O–H groups in total. The summed E-state index contributed by atoms with van der Waals surface area (Å²) in [5.74, 6) is 0.633. The number of anilines is 1. The van der Waals surface area contributed by atoms with Crippen LogP contribution in [0.4, 0.5) is 5.95 Å². The molecule has 134 valence electrons. The van der Waals surface area contributed by atoms with Gasteiger partial charge in [0.2, 0.25) is 11.9 Å². The molecule has 2 heterocycles. The maximum atomic E-state index is 12.7. The van der Waals surface area contributed by atoms with E-state index in [4.69, 9.17) is 9.72 Å². The molecule has 1 fully saturated rings. The Hall–Kier alpha value is -2.66. The van der Waals surface area contributed by atoms with Crippen LogP contribution in [0.3, 0.4) is 0 Å². The van der Waals surface area contributed by atoms with Gasteiger partial charge in [0.05, 0.1) is 17.1 Å². The minimum atomic E-state index is -0.0101. The highest BCUT2D eigenvalue weighted by molar-refractivity contribution is 5.93. The SMILES string of the molecule is CC(c1ccccc1)n1c(NC(=O)C2CCOCC2)nc2ccccc21. The van der Waals surface area contributed by atoms with Crippen LogP contribution in [0.1, 0.15) is 31.4 Å². The molecular formula is C21H23N3O2. The number of nitrogens with one attached hydrogen (secondary N) is 1.